The molecule has 0 aromatic carbocycles. The zero-order valence-corrected chi connectivity index (χ0v) is 7.82. The van der Waals surface area contributed by atoms with Crippen LogP contribution in [0.1, 0.15) is 33.1 Å². The smallest absolute Gasteiger partial charge is 0.195 e. The molecule has 0 saturated carbocycles. The van der Waals surface area contributed by atoms with Gasteiger partial charge in [0.05, 0.1) is 5.75 Å². The van der Waals surface area contributed by atoms with E-state index in [-0.39, 0.29) is 5.75 Å². The first-order chi connectivity index (χ1) is 4.92. The topological polar surface area (TPSA) is 34.1 Å². The lowest BCUT2D eigenvalue weighted by molar-refractivity contribution is 0.528. The molecule has 0 radical (unpaired) electrons. The summed E-state index contributed by atoms with van der Waals surface area (Å²) in [6.45, 7) is 4.12. The fourth-order valence-corrected chi connectivity index (χ4v) is 1.38. The molecule has 0 rings (SSSR count). The summed E-state index contributed by atoms with van der Waals surface area (Å²) in [6.07, 6.45) is 2.20. The molecule has 11 heavy (non-hydrogen) atoms. The maximum atomic E-state index is 11.9. The van der Waals surface area contributed by atoms with Crippen molar-refractivity contribution >= 4 is 10.2 Å². The van der Waals surface area contributed by atoms with Crippen LogP contribution in [0.15, 0.2) is 0 Å². The molecule has 68 valence electrons. The van der Waals surface area contributed by atoms with E-state index in [1.54, 1.807) is 0 Å². The van der Waals surface area contributed by atoms with Gasteiger partial charge in [0.1, 0.15) is 0 Å². The Morgan fingerprint density at radius 1 is 1.27 bits per heavy atom. The fraction of sp³-hybridized carbons (Fsp3) is 1.00. The number of unbranched alkanes of at least 4 members (excludes halogenated alkanes) is 1. The molecule has 0 amide bonds. The van der Waals surface area contributed by atoms with Gasteiger partial charge in [0.2, 0.25) is 0 Å². The van der Waals surface area contributed by atoms with Gasteiger partial charge in [-0.3, -0.25) is 0 Å². The summed E-state index contributed by atoms with van der Waals surface area (Å²) in [5, 5.41) is 0. The van der Waals surface area contributed by atoms with Gasteiger partial charge in [-0.25, -0.2) is 0 Å². The quantitative estimate of drug-likeness (QED) is 0.482. The molecule has 0 bridgehead atoms. The van der Waals surface area contributed by atoms with Crippen molar-refractivity contribution in [1.29, 1.82) is 0 Å². The molecule has 0 aliphatic heterocycles. The highest BCUT2D eigenvalue weighted by atomic mass is 32.3. The lowest BCUT2D eigenvalue weighted by Crippen LogP contribution is -1.98. The fourth-order valence-electron chi connectivity index (χ4n) is 0.827. The maximum absolute atomic E-state index is 11.9. The van der Waals surface area contributed by atoms with E-state index in [0.29, 0.717) is 12.3 Å². The minimum atomic E-state index is -4.22. The van der Waals surface area contributed by atoms with Crippen molar-refractivity contribution in [3.05, 3.63) is 0 Å². The third kappa shape index (κ3) is 9.88. The van der Waals surface area contributed by atoms with Gasteiger partial charge in [-0.2, -0.15) is 8.42 Å². The van der Waals surface area contributed by atoms with E-state index in [9.17, 15) is 12.3 Å². The van der Waals surface area contributed by atoms with Crippen LogP contribution in [0.25, 0.3) is 0 Å². The van der Waals surface area contributed by atoms with Gasteiger partial charge in [0, 0.05) is 0 Å². The summed E-state index contributed by atoms with van der Waals surface area (Å²) in [4.78, 5) is 0. The molecule has 0 aromatic rings. The highest BCUT2D eigenvalue weighted by molar-refractivity contribution is 7.86. The summed E-state index contributed by atoms with van der Waals surface area (Å²) in [5.41, 5.74) is 0. The Bertz CT molecular complexity index is 185. The summed E-state index contributed by atoms with van der Waals surface area (Å²) >= 11 is 0. The Kier molecular flexibility index (Phi) is 4.65. The number of hydrogen-bond donors (Lipinski definition) is 0. The number of rotatable bonds is 5. The van der Waals surface area contributed by atoms with E-state index < -0.39 is 10.2 Å². The summed E-state index contributed by atoms with van der Waals surface area (Å²) in [5.74, 6) is 0.247. The van der Waals surface area contributed by atoms with Crippen LogP contribution in [0.3, 0.4) is 0 Å². The predicted octanol–water partition coefficient (Wildman–Crippen LogP) is 2.11. The molecular weight excluding hydrogens is 167 g/mol. The van der Waals surface area contributed by atoms with Gasteiger partial charge in [0.25, 0.3) is 0 Å². The molecule has 0 saturated heterocycles. The predicted molar refractivity (Wildman–Crippen MR) is 43.6 cm³/mol. The molecule has 0 atom stereocenters. The molecule has 0 unspecified atom stereocenters. The van der Waals surface area contributed by atoms with Gasteiger partial charge < -0.3 is 0 Å². The average molecular weight is 182 g/mol. The molecule has 4 heteroatoms. The highest BCUT2D eigenvalue weighted by Gasteiger charge is 2.05. The standard InChI is InChI=1S/C7H15FO2S/c1-7(2)5-3-4-6-11(8,9)10/h7H,3-6H2,1-2H3. The van der Waals surface area contributed by atoms with Gasteiger partial charge in [-0.05, 0) is 12.3 Å². The van der Waals surface area contributed by atoms with Crippen LogP contribution in [0.5, 0.6) is 0 Å². The first-order valence-corrected chi connectivity index (χ1v) is 5.39. The minimum Gasteiger partial charge on any atom is -0.195 e. The molecule has 0 N–H and O–H groups in total. The Morgan fingerprint density at radius 3 is 2.18 bits per heavy atom. The Morgan fingerprint density at radius 2 is 1.82 bits per heavy atom. The third-order valence-electron chi connectivity index (χ3n) is 1.42. The van der Waals surface area contributed by atoms with Gasteiger partial charge in [-0.15, -0.1) is 3.89 Å². The lowest BCUT2D eigenvalue weighted by Gasteiger charge is -2.01. The number of halogens is 1. The van der Waals surface area contributed by atoms with Crippen LogP contribution >= 0.6 is 0 Å². The largest absolute Gasteiger partial charge is 0.302 e. The van der Waals surface area contributed by atoms with E-state index in [1.807, 2.05) is 0 Å². The SMILES string of the molecule is CC(C)CCCCS(=O)(=O)F. The Hall–Kier alpha value is -0.120. The second kappa shape index (κ2) is 4.70. The van der Waals surface area contributed by atoms with Crippen molar-refractivity contribution in [2.24, 2.45) is 5.92 Å². The van der Waals surface area contributed by atoms with Crippen LogP contribution in [0.4, 0.5) is 3.89 Å². The van der Waals surface area contributed by atoms with Crippen molar-refractivity contribution in [1.82, 2.24) is 0 Å². The number of hydrogen-bond acceptors (Lipinski definition) is 2. The minimum absolute atomic E-state index is 0.320. The second-order valence-electron chi connectivity index (χ2n) is 3.13. The lowest BCUT2D eigenvalue weighted by atomic mass is 10.1. The molecule has 0 aliphatic rings. The first kappa shape index (κ1) is 10.9. The molecule has 0 heterocycles. The third-order valence-corrected chi connectivity index (χ3v) is 2.20. The van der Waals surface area contributed by atoms with E-state index in [1.165, 1.54) is 0 Å². The van der Waals surface area contributed by atoms with E-state index in [0.717, 1.165) is 12.8 Å². The van der Waals surface area contributed by atoms with E-state index in [2.05, 4.69) is 13.8 Å². The zero-order chi connectivity index (χ0) is 8.91. The monoisotopic (exact) mass is 182 g/mol. The summed E-state index contributed by atoms with van der Waals surface area (Å²) < 4.78 is 31.9. The van der Waals surface area contributed by atoms with Gasteiger partial charge >= 0.3 is 10.2 Å². The van der Waals surface area contributed by atoms with Crippen LogP contribution in [-0.2, 0) is 10.2 Å². The molecule has 2 nitrogen and oxygen atoms in total. The maximum Gasteiger partial charge on any atom is 0.302 e. The molecule has 0 aromatic heterocycles. The molecule has 0 aliphatic carbocycles. The van der Waals surface area contributed by atoms with Crippen molar-refractivity contribution in [3.8, 4) is 0 Å². The Balaban J connectivity index is 3.30. The van der Waals surface area contributed by atoms with Gasteiger partial charge in [-0.1, -0.05) is 26.7 Å². The van der Waals surface area contributed by atoms with E-state index in [4.69, 9.17) is 0 Å². The van der Waals surface area contributed by atoms with Crippen LogP contribution in [0, 0.1) is 5.92 Å². The summed E-state index contributed by atoms with van der Waals surface area (Å²) in [6, 6.07) is 0. The van der Waals surface area contributed by atoms with Crippen molar-refractivity contribution in [2.75, 3.05) is 5.75 Å². The zero-order valence-electron chi connectivity index (χ0n) is 7.01. The van der Waals surface area contributed by atoms with Crippen LogP contribution < -0.4 is 0 Å². The van der Waals surface area contributed by atoms with Crippen molar-refractivity contribution < 1.29 is 12.3 Å². The first-order valence-electron chi connectivity index (χ1n) is 3.84. The summed E-state index contributed by atoms with van der Waals surface area (Å²) in [7, 11) is -4.22. The van der Waals surface area contributed by atoms with Crippen molar-refractivity contribution in [2.45, 2.75) is 33.1 Å². The molecule has 0 spiro atoms. The Labute approximate surface area is 68.0 Å². The molecular formula is C7H15FO2S. The van der Waals surface area contributed by atoms with Crippen LogP contribution in [-0.4, -0.2) is 14.2 Å². The van der Waals surface area contributed by atoms with E-state index >= 15 is 0 Å². The molecule has 0 fully saturated rings. The average Bonchev–Trinajstić information content (AvgIpc) is 1.78. The van der Waals surface area contributed by atoms with Crippen molar-refractivity contribution in [3.63, 3.8) is 0 Å². The van der Waals surface area contributed by atoms with Crippen LogP contribution in [0.2, 0.25) is 0 Å². The normalized spacial score (nSPS) is 12.4. The van der Waals surface area contributed by atoms with Gasteiger partial charge in [0.15, 0.2) is 0 Å². The second-order valence-corrected chi connectivity index (χ2v) is 4.62. The highest BCUT2D eigenvalue weighted by Crippen LogP contribution is 2.07.